The van der Waals surface area contributed by atoms with Crippen molar-refractivity contribution in [2.24, 2.45) is 0 Å². The summed E-state index contributed by atoms with van der Waals surface area (Å²) in [7, 11) is 1.47. The number of esters is 1. The molecule has 0 amide bonds. The highest BCUT2D eigenvalue weighted by molar-refractivity contribution is 6.18. The maximum absolute atomic E-state index is 12.7. The van der Waals surface area contributed by atoms with Gasteiger partial charge in [0.05, 0.1) is 7.11 Å². The van der Waals surface area contributed by atoms with Gasteiger partial charge in [-0.15, -0.1) is 0 Å². The van der Waals surface area contributed by atoms with Crippen molar-refractivity contribution in [2.75, 3.05) is 13.7 Å². The molecule has 0 atom stereocenters. The van der Waals surface area contributed by atoms with Crippen LogP contribution >= 0.6 is 0 Å². The molecule has 0 unspecified atom stereocenters. The third kappa shape index (κ3) is 1.70. The van der Waals surface area contributed by atoms with Crippen LogP contribution in [0.2, 0.25) is 0 Å². The van der Waals surface area contributed by atoms with E-state index in [4.69, 9.17) is 9.47 Å². The van der Waals surface area contributed by atoms with E-state index in [9.17, 15) is 9.18 Å². The Balaban J connectivity index is 2.44. The molecule has 0 saturated carbocycles. The Morgan fingerprint density at radius 2 is 2.00 bits per heavy atom. The van der Waals surface area contributed by atoms with Crippen molar-refractivity contribution in [3.05, 3.63) is 41.4 Å². The quantitative estimate of drug-likeness (QED) is 0.694. The van der Waals surface area contributed by atoms with Gasteiger partial charge in [-0.2, -0.15) is 0 Å². The molecule has 0 saturated heterocycles. The van der Waals surface area contributed by atoms with Crippen LogP contribution < -0.4 is 0 Å². The van der Waals surface area contributed by atoms with Gasteiger partial charge >= 0.3 is 5.97 Å². The lowest BCUT2D eigenvalue weighted by molar-refractivity contribution is -0.134. The van der Waals surface area contributed by atoms with Crippen LogP contribution in [0.15, 0.2) is 30.0 Å². The van der Waals surface area contributed by atoms with Gasteiger partial charge in [0.15, 0.2) is 0 Å². The summed E-state index contributed by atoms with van der Waals surface area (Å²) in [5.41, 5.74) is 0.980. The third-order valence-corrected chi connectivity index (χ3v) is 2.20. The first-order chi connectivity index (χ1) is 7.22. The van der Waals surface area contributed by atoms with Crippen LogP contribution in [0.4, 0.5) is 4.39 Å². The molecule has 0 fully saturated rings. The van der Waals surface area contributed by atoms with Gasteiger partial charge in [-0.1, -0.05) is 12.1 Å². The van der Waals surface area contributed by atoms with E-state index in [1.807, 2.05) is 0 Å². The summed E-state index contributed by atoms with van der Waals surface area (Å²) in [4.78, 5) is 11.4. The molecule has 4 heteroatoms. The number of halogens is 1. The molecule has 0 aromatic heterocycles. The van der Waals surface area contributed by atoms with E-state index in [2.05, 4.69) is 0 Å². The normalized spacial score (nSPS) is 15.5. The zero-order chi connectivity index (χ0) is 10.8. The zero-order valence-electron chi connectivity index (χ0n) is 8.12. The Morgan fingerprint density at radius 1 is 1.33 bits per heavy atom. The molecule has 78 valence electrons. The number of rotatable bonds is 2. The molecule has 0 radical (unpaired) electrons. The number of methoxy groups -OCH3 is 1. The lowest BCUT2D eigenvalue weighted by Gasteiger charge is -2.01. The van der Waals surface area contributed by atoms with Crippen molar-refractivity contribution < 1.29 is 18.7 Å². The molecule has 3 nitrogen and oxygen atoms in total. The number of carbonyl (C=O) groups is 1. The maximum atomic E-state index is 12.7. The van der Waals surface area contributed by atoms with E-state index in [-0.39, 0.29) is 12.4 Å². The number of benzene rings is 1. The second kappa shape index (κ2) is 3.73. The van der Waals surface area contributed by atoms with E-state index in [1.165, 1.54) is 31.4 Å². The molecule has 1 aromatic rings. The van der Waals surface area contributed by atoms with E-state index in [0.29, 0.717) is 16.9 Å². The van der Waals surface area contributed by atoms with Crippen molar-refractivity contribution in [2.45, 2.75) is 0 Å². The highest BCUT2D eigenvalue weighted by atomic mass is 19.1. The van der Waals surface area contributed by atoms with Gasteiger partial charge in [-0.3, -0.25) is 0 Å². The first-order valence-electron chi connectivity index (χ1n) is 4.42. The maximum Gasteiger partial charge on any atom is 0.342 e. The van der Waals surface area contributed by atoms with Crippen LogP contribution in [0.1, 0.15) is 5.56 Å². The van der Waals surface area contributed by atoms with Gasteiger partial charge < -0.3 is 9.47 Å². The summed E-state index contributed by atoms with van der Waals surface area (Å²) in [6.07, 6.45) is 0. The van der Waals surface area contributed by atoms with E-state index >= 15 is 0 Å². The monoisotopic (exact) mass is 208 g/mol. The number of hydrogen-bond acceptors (Lipinski definition) is 3. The van der Waals surface area contributed by atoms with Gasteiger partial charge in [-0.25, -0.2) is 9.18 Å². The smallest absolute Gasteiger partial charge is 0.342 e. The predicted octanol–water partition coefficient (Wildman–Crippen LogP) is 1.74. The highest BCUT2D eigenvalue weighted by Crippen LogP contribution is 2.26. The molecule has 1 aromatic carbocycles. The zero-order valence-corrected chi connectivity index (χ0v) is 8.12. The molecule has 2 rings (SSSR count). The molecular formula is C11H9FO3. The van der Waals surface area contributed by atoms with Gasteiger partial charge in [0, 0.05) is 0 Å². The van der Waals surface area contributed by atoms with Crippen LogP contribution in [-0.2, 0) is 14.3 Å². The van der Waals surface area contributed by atoms with Gasteiger partial charge in [0.1, 0.15) is 23.8 Å². The van der Waals surface area contributed by atoms with Crippen molar-refractivity contribution in [1.82, 2.24) is 0 Å². The van der Waals surface area contributed by atoms with Crippen molar-refractivity contribution in [1.29, 1.82) is 0 Å². The average Bonchev–Trinajstić information content (AvgIpc) is 2.61. The average molecular weight is 208 g/mol. The Kier molecular flexibility index (Phi) is 2.41. The summed E-state index contributed by atoms with van der Waals surface area (Å²) in [6, 6.07) is 5.63. The van der Waals surface area contributed by atoms with E-state index in [0.717, 1.165) is 0 Å². The van der Waals surface area contributed by atoms with Crippen LogP contribution in [0.3, 0.4) is 0 Å². The Labute approximate surface area is 86.1 Å². The summed E-state index contributed by atoms with van der Waals surface area (Å²) < 4.78 is 22.5. The molecule has 0 aliphatic carbocycles. The fourth-order valence-corrected chi connectivity index (χ4v) is 1.45. The number of carbonyl (C=O) groups excluding carboxylic acids is 1. The lowest BCUT2D eigenvalue weighted by Crippen LogP contribution is -1.98. The summed E-state index contributed by atoms with van der Waals surface area (Å²) >= 11 is 0. The second-order valence-electron chi connectivity index (χ2n) is 3.09. The third-order valence-electron chi connectivity index (χ3n) is 2.20. The van der Waals surface area contributed by atoms with Crippen molar-refractivity contribution in [3.63, 3.8) is 0 Å². The molecule has 1 aliphatic rings. The molecular weight excluding hydrogens is 199 g/mol. The van der Waals surface area contributed by atoms with Crippen LogP contribution in [0.5, 0.6) is 0 Å². The molecule has 15 heavy (non-hydrogen) atoms. The first-order valence-corrected chi connectivity index (χ1v) is 4.42. The number of cyclic esters (lactones) is 1. The topological polar surface area (TPSA) is 35.5 Å². The molecule has 0 N–H and O–H groups in total. The highest BCUT2D eigenvalue weighted by Gasteiger charge is 2.26. The predicted molar refractivity (Wildman–Crippen MR) is 51.3 cm³/mol. The molecule has 0 spiro atoms. The minimum Gasteiger partial charge on any atom is -0.497 e. The minimum atomic E-state index is -0.432. The first kappa shape index (κ1) is 9.71. The SMILES string of the molecule is COC1=C(c2ccc(F)cc2)C(=O)OC1. The Morgan fingerprint density at radius 3 is 2.60 bits per heavy atom. The second-order valence-corrected chi connectivity index (χ2v) is 3.09. The standard InChI is InChI=1S/C11H9FO3/c1-14-9-6-15-11(13)10(9)7-2-4-8(12)5-3-7/h2-5H,6H2,1H3. The summed E-state index contributed by atoms with van der Waals surface area (Å²) in [5.74, 6) is -0.297. The summed E-state index contributed by atoms with van der Waals surface area (Å²) in [5, 5.41) is 0. The number of hydrogen-bond donors (Lipinski definition) is 0. The fraction of sp³-hybridized carbons (Fsp3) is 0.182. The minimum absolute atomic E-state index is 0.141. The van der Waals surface area contributed by atoms with Gasteiger partial charge in [0.2, 0.25) is 0 Å². The van der Waals surface area contributed by atoms with E-state index in [1.54, 1.807) is 0 Å². The van der Waals surface area contributed by atoms with Crippen molar-refractivity contribution in [3.8, 4) is 0 Å². The lowest BCUT2D eigenvalue weighted by atomic mass is 10.1. The van der Waals surface area contributed by atoms with E-state index < -0.39 is 5.97 Å². The fourth-order valence-electron chi connectivity index (χ4n) is 1.45. The molecule has 0 bridgehead atoms. The Bertz CT molecular complexity index is 420. The Hall–Kier alpha value is -1.84. The van der Waals surface area contributed by atoms with Crippen LogP contribution in [-0.4, -0.2) is 19.7 Å². The van der Waals surface area contributed by atoms with Gasteiger partial charge in [-0.05, 0) is 17.7 Å². The summed E-state index contributed by atoms with van der Waals surface area (Å²) in [6.45, 7) is 0.141. The van der Waals surface area contributed by atoms with Crippen LogP contribution in [0.25, 0.3) is 5.57 Å². The molecule has 1 aliphatic heterocycles. The van der Waals surface area contributed by atoms with Gasteiger partial charge in [0.25, 0.3) is 0 Å². The molecule has 1 heterocycles. The van der Waals surface area contributed by atoms with Crippen LogP contribution in [0, 0.1) is 5.82 Å². The number of ether oxygens (including phenoxy) is 2. The largest absolute Gasteiger partial charge is 0.497 e. The van der Waals surface area contributed by atoms with Crippen molar-refractivity contribution >= 4 is 11.5 Å².